The Morgan fingerprint density at radius 2 is 1.40 bits per heavy atom. The van der Waals surface area contributed by atoms with E-state index in [9.17, 15) is 0 Å². The van der Waals surface area contributed by atoms with Crippen LogP contribution in [0.3, 0.4) is 0 Å². The van der Waals surface area contributed by atoms with E-state index in [1.807, 2.05) is 0 Å². The minimum absolute atomic E-state index is 0.0316. The van der Waals surface area contributed by atoms with Crippen molar-refractivity contribution >= 4 is 54.9 Å². The molecule has 0 spiro atoms. The van der Waals surface area contributed by atoms with Crippen LogP contribution in [0.4, 0.5) is 0 Å². The van der Waals surface area contributed by atoms with Crippen molar-refractivity contribution in [2.24, 2.45) is 0 Å². The predicted octanol–water partition coefficient (Wildman–Crippen LogP) is 7.94. The molecule has 5 aromatic carbocycles. The third-order valence-corrected chi connectivity index (χ3v) is 8.42. The van der Waals surface area contributed by atoms with Gasteiger partial charge in [0.25, 0.3) is 0 Å². The fraction of sp³-hybridized carbons (Fsp3) is 0.0938. The molecule has 1 aliphatic carbocycles. The largest absolute Gasteiger partial charge is 0.276 e. The summed E-state index contributed by atoms with van der Waals surface area (Å²) >= 11 is 0. The smallest absolute Gasteiger partial charge is 0.220 e. The first kappa shape index (κ1) is 18.0. The summed E-state index contributed by atoms with van der Waals surface area (Å²) in [7, 11) is 0. The lowest BCUT2D eigenvalue weighted by molar-refractivity contribution is 0.661. The fourth-order valence-corrected chi connectivity index (χ4v) is 6.84. The highest BCUT2D eigenvalue weighted by Crippen LogP contribution is 2.53. The van der Waals surface area contributed by atoms with E-state index < -0.39 is 0 Å². The van der Waals surface area contributed by atoms with E-state index in [2.05, 4.69) is 114 Å². The zero-order valence-corrected chi connectivity index (χ0v) is 19.5. The summed E-state index contributed by atoms with van der Waals surface area (Å²) in [5.41, 5.74) is 11.4. The highest BCUT2D eigenvalue weighted by molar-refractivity contribution is 6.20. The molecule has 0 fully saturated rings. The summed E-state index contributed by atoms with van der Waals surface area (Å²) < 4.78 is 4.79. The van der Waals surface area contributed by atoms with E-state index in [0.29, 0.717) is 0 Å². The van der Waals surface area contributed by atoms with Crippen molar-refractivity contribution in [1.82, 2.24) is 13.8 Å². The summed E-state index contributed by atoms with van der Waals surface area (Å²) in [4.78, 5) is 5.25. The first-order valence-corrected chi connectivity index (χ1v) is 12.3. The first-order chi connectivity index (χ1) is 17.1. The molecule has 0 aliphatic heterocycles. The molecule has 0 bridgehead atoms. The molecule has 9 rings (SSSR count). The molecular formula is C32H21N3. The Morgan fingerprint density at radius 3 is 2.29 bits per heavy atom. The van der Waals surface area contributed by atoms with Gasteiger partial charge in [-0.3, -0.25) is 8.80 Å². The van der Waals surface area contributed by atoms with Gasteiger partial charge in [0.1, 0.15) is 0 Å². The predicted molar refractivity (Wildman–Crippen MR) is 145 cm³/mol. The number of imidazole rings is 2. The number of fused-ring (bicyclic) bond motifs is 13. The lowest BCUT2D eigenvalue weighted by Crippen LogP contribution is -2.14. The topological polar surface area (TPSA) is 21.7 Å². The Kier molecular flexibility index (Phi) is 2.90. The summed E-state index contributed by atoms with van der Waals surface area (Å²) in [5.74, 6) is 0.993. The van der Waals surface area contributed by atoms with Gasteiger partial charge in [0.15, 0.2) is 0 Å². The van der Waals surface area contributed by atoms with Gasteiger partial charge < -0.3 is 0 Å². The van der Waals surface area contributed by atoms with Gasteiger partial charge in [0.2, 0.25) is 5.78 Å². The maximum atomic E-state index is 5.25. The number of hydrogen-bond acceptors (Lipinski definition) is 1. The minimum Gasteiger partial charge on any atom is -0.276 e. The Labute approximate surface area is 201 Å². The molecular weight excluding hydrogens is 426 g/mol. The lowest BCUT2D eigenvalue weighted by atomic mass is 9.82. The molecule has 0 saturated carbocycles. The van der Waals surface area contributed by atoms with Gasteiger partial charge in [-0.25, -0.2) is 4.98 Å². The van der Waals surface area contributed by atoms with Gasteiger partial charge in [-0.05, 0) is 45.7 Å². The van der Waals surface area contributed by atoms with E-state index in [1.54, 1.807) is 0 Å². The van der Waals surface area contributed by atoms with Crippen molar-refractivity contribution in [2.45, 2.75) is 19.3 Å². The monoisotopic (exact) mass is 447 g/mol. The average Bonchev–Trinajstić information content (AvgIpc) is 3.57. The number of para-hydroxylation sites is 1. The van der Waals surface area contributed by atoms with Gasteiger partial charge in [-0.15, -0.1) is 0 Å². The Bertz CT molecular complexity index is 2190. The third-order valence-electron chi connectivity index (χ3n) is 8.42. The highest BCUT2D eigenvalue weighted by atomic mass is 15.2. The van der Waals surface area contributed by atoms with Crippen LogP contribution in [-0.2, 0) is 5.41 Å². The van der Waals surface area contributed by atoms with Crippen molar-refractivity contribution < 1.29 is 0 Å². The van der Waals surface area contributed by atoms with Crippen LogP contribution in [0.25, 0.3) is 66.0 Å². The molecule has 0 unspecified atom stereocenters. The van der Waals surface area contributed by atoms with Gasteiger partial charge in [0.05, 0.1) is 27.6 Å². The average molecular weight is 448 g/mol. The van der Waals surface area contributed by atoms with E-state index in [4.69, 9.17) is 4.98 Å². The Hall–Kier alpha value is -4.37. The van der Waals surface area contributed by atoms with E-state index >= 15 is 0 Å². The van der Waals surface area contributed by atoms with Gasteiger partial charge in [-0.2, -0.15) is 0 Å². The van der Waals surface area contributed by atoms with Crippen molar-refractivity contribution in [3.05, 3.63) is 102 Å². The molecule has 0 atom stereocenters. The molecule has 3 nitrogen and oxygen atoms in total. The minimum atomic E-state index is -0.0316. The second kappa shape index (κ2) is 5.64. The maximum absolute atomic E-state index is 5.25. The number of nitrogens with zero attached hydrogens (tertiary/aromatic N) is 3. The zero-order valence-electron chi connectivity index (χ0n) is 19.5. The van der Waals surface area contributed by atoms with Gasteiger partial charge >= 0.3 is 0 Å². The van der Waals surface area contributed by atoms with Crippen LogP contribution >= 0.6 is 0 Å². The van der Waals surface area contributed by atoms with Crippen molar-refractivity contribution in [1.29, 1.82) is 0 Å². The molecule has 8 aromatic rings. The maximum Gasteiger partial charge on any atom is 0.220 e. The number of benzene rings is 5. The van der Waals surface area contributed by atoms with Gasteiger partial charge in [-0.1, -0.05) is 86.6 Å². The first-order valence-electron chi connectivity index (χ1n) is 12.3. The SMILES string of the molecule is CC1(C)c2ccccc2-c2c1ccc1c3cccc4c3n(c21)c1nc2cc3ccccc3cc2n41. The number of rotatable bonds is 0. The van der Waals surface area contributed by atoms with Crippen LogP contribution in [0.5, 0.6) is 0 Å². The van der Waals surface area contributed by atoms with Crippen LogP contribution in [-0.4, -0.2) is 13.8 Å². The third kappa shape index (κ3) is 1.92. The molecule has 1 aliphatic rings. The van der Waals surface area contributed by atoms with Gasteiger partial charge in [0, 0.05) is 21.8 Å². The molecule has 3 heteroatoms. The lowest BCUT2D eigenvalue weighted by Gasteiger charge is -2.21. The Morgan fingerprint density at radius 1 is 0.629 bits per heavy atom. The van der Waals surface area contributed by atoms with Crippen LogP contribution in [0.15, 0.2) is 91.0 Å². The van der Waals surface area contributed by atoms with Crippen molar-refractivity contribution in [2.75, 3.05) is 0 Å². The van der Waals surface area contributed by atoms with E-state index in [0.717, 1.165) is 16.8 Å². The van der Waals surface area contributed by atoms with Crippen LogP contribution in [0.1, 0.15) is 25.0 Å². The Balaban J connectivity index is 1.58. The summed E-state index contributed by atoms with van der Waals surface area (Å²) in [6.07, 6.45) is 0. The second-order valence-electron chi connectivity index (χ2n) is 10.5. The summed E-state index contributed by atoms with van der Waals surface area (Å²) in [6, 6.07) is 33.4. The van der Waals surface area contributed by atoms with E-state index in [1.165, 1.54) is 60.3 Å². The molecule has 3 aromatic heterocycles. The summed E-state index contributed by atoms with van der Waals surface area (Å²) in [5, 5.41) is 5.07. The summed E-state index contributed by atoms with van der Waals surface area (Å²) in [6.45, 7) is 4.70. The van der Waals surface area contributed by atoms with Crippen LogP contribution in [0.2, 0.25) is 0 Å². The fourth-order valence-electron chi connectivity index (χ4n) is 6.84. The van der Waals surface area contributed by atoms with Crippen LogP contribution in [0, 0.1) is 0 Å². The number of aromatic nitrogens is 3. The van der Waals surface area contributed by atoms with E-state index in [-0.39, 0.29) is 5.41 Å². The van der Waals surface area contributed by atoms with Crippen molar-refractivity contribution in [3.63, 3.8) is 0 Å². The second-order valence-corrected chi connectivity index (χ2v) is 10.5. The standard InChI is InChI=1S/C32H21N3/c1-32(2)23-12-6-5-10-22(23)28-24(32)15-14-21-20-11-7-13-26-29(20)35(30(21)28)31-33-25-16-18-8-3-4-9-19(18)17-27(25)34(26)31/h3-17H,1-2H3. The molecule has 0 N–H and O–H groups in total. The quantitative estimate of drug-likeness (QED) is 0.231. The molecule has 0 amide bonds. The van der Waals surface area contributed by atoms with Crippen LogP contribution < -0.4 is 0 Å². The van der Waals surface area contributed by atoms with Crippen molar-refractivity contribution in [3.8, 4) is 11.1 Å². The zero-order chi connectivity index (χ0) is 23.1. The molecule has 3 heterocycles. The molecule has 164 valence electrons. The molecule has 0 radical (unpaired) electrons. The molecule has 0 saturated heterocycles. The number of hydrogen-bond donors (Lipinski definition) is 0. The highest BCUT2D eigenvalue weighted by Gasteiger charge is 2.37. The molecule has 35 heavy (non-hydrogen) atoms. The normalized spacial score (nSPS) is 14.8.